The van der Waals surface area contributed by atoms with Crippen LogP contribution in [0.4, 0.5) is 0 Å². The maximum atomic E-state index is 11.9. The summed E-state index contributed by atoms with van der Waals surface area (Å²) in [7, 11) is 24.1. The first-order valence-electron chi connectivity index (χ1n) is 33.4. The van der Waals surface area contributed by atoms with E-state index in [0.717, 1.165) is 0 Å². The van der Waals surface area contributed by atoms with E-state index in [2.05, 4.69) is 0 Å². The number of rotatable bonds is 19. The second-order valence-corrected chi connectivity index (χ2v) is 27.0. The lowest BCUT2D eigenvalue weighted by Gasteiger charge is -2.52. The van der Waals surface area contributed by atoms with Crippen molar-refractivity contribution in [3.8, 4) is 0 Å². The Balaban J connectivity index is 1.07. The van der Waals surface area contributed by atoms with E-state index < -0.39 is 221 Å². The molecule has 0 spiro atoms. The molecule has 21 heterocycles. The Kier molecular flexibility index (Phi) is 32.4. The molecule has 0 saturated carbocycles. The summed E-state index contributed by atoms with van der Waals surface area (Å²) >= 11 is 2.72. The number of aliphatic hydroxyl groups is 1. The molecule has 35 nitrogen and oxygen atoms in total. The molecule has 21 fully saturated rings. The van der Waals surface area contributed by atoms with Crippen LogP contribution in [0.15, 0.2) is 0 Å². The molecule has 1 unspecified atom stereocenters. The molecule has 37 heteroatoms. The molecule has 21 aliphatic rings. The number of hydrogen-bond donors (Lipinski definition) is 1. The monoisotopic (exact) mass is 1490 g/mol. The molecule has 0 amide bonds. The van der Waals surface area contributed by atoms with Crippen LogP contribution in [0, 0.1) is 0 Å². The van der Waals surface area contributed by atoms with Gasteiger partial charge >= 0.3 is 0 Å². The van der Waals surface area contributed by atoms with Crippen molar-refractivity contribution in [1.29, 1.82) is 0 Å². The molecule has 0 aliphatic carbocycles. The van der Waals surface area contributed by atoms with Gasteiger partial charge in [-0.1, -0.05) is 0 Å². The fourth-order valence-corrected chi connectivity index (χ4v) is 16.2. The lowest BCUT2D eigenvalue weighted by atomic mass is 9.93. The van der Waals surface area contributed by atoms with Crippen LogP contribution in [0.2, 0.25) is 0 Å². The Morgan fingerprint density at radius 3 is 0.720 bits per heavy atom. The molecule has 582 valence electrons. The number of ether oxygens (including phenoxy) is 34. The van der Waals surface area contributed by atoms with Crippen LogP contribution in [0.3, 0.4) is 0 Å². The molecule has 1 N–H and O–H groups in total. The standard InChI is InChI=1S/C63H108O35S2/c1-28(64)35-49-48(73-10)56(80-17)63(91-35)97-41-34-23-84-27-100-25-82-21-32-39(95-61(89-34)54(78-15)47(41)72-9)45(70-7)52(76-13)59(87-32)93-37-30(19-66-3)85-57(50(74-11)43(37)68-5)92-36-29(18-65-2)86-58(51(75-12)42(36)67-4)94-38-31-20-81-24-99-26-83-22-33-40(46(71-8)55(79-16)62(90-33)98-49)96-60(88-31)53(77-14)44(38)69-6/h28-64H,18-27H2,1-17H3/t28?,29-,30-,31-,32-,33-,34-,35-,36-,37-,38-,39-,40-,41-,42+,43+,44+,45+,46+,47+,48+,49-,50-,51-,52-,53-,54-,55-,56-,57-,58-,59-,60-,61-,62-,63-/m1/s1. The fourth-order valence-electron chi connectivity index (χ4n) is 15.2. The first-order chi connectivity index (χ1) is 48.7. The third kappa shape index (κ3) is 17.8. The highest BCUT2D eigenvalue weighted by Crippen LogP contribution is 2.44. The van der Waals surface area contributed by atoms with Gasteiger partial charge in [-0.2, -0.15) is 0 Å². The summed E-state index contributed by atoms with van der Waals surface area (Å²) in [6.07, 6.45) is -38.3. The third-order valence-electron chi connectivity index (χ3n) is 19.9. The number of thioether (sulfide) groups is 2. The van der Waals surface area contributed by atoms with E-state index in [4.69, 9.17) is 161 Å². The van der Waals surface area contributed by atoms with E-state index in [-0.39, 0.29) is 63.4 Å². The number of hydrogen-bond acceptors (Lipinski definition) is 37. The Bertz CT molecular complexity index is 2330. The van der Waals surface area contributed by atoms with Crippen molar-refractivity contribution in [2.24, 2.45) is 0 Å². The molecule has 21 aliphatic heterocycles. The van der Waals surface area contributed by atoms with E-state index in [1.165, 1.54) is 137 Å². The van der Waals surface area contributed by atoms with Gasteiger partial charge in [0.05, 0.1) is 69.5 Å². The molecule has 0 radical (unpaired) electrons. The van der Waals surface area contributed by atoms with E-state index in [1.54, 1.807) is 6.92 Å². The van der Waals surface area contributed by atoms with Gasteiger partial charge in [0.1, 0.15) is 171 Å². The average Bonchev–Trinajstić information content (AvgIpc) is 0.814. The van der Waals surface area contributed by atoms with Gasteiger partial charge in [-0.3, -0.25) is 0 Å². The minimum atomic E-state index is -1.31. The summed E-state index contributed by atoms with van der Waals surface area (Å²) in [5, 5.41) is 11.9. The first kappa shape index (κ1) is 81.8. The molecule has 0 aromatic rings. The van der Waals surface area contributed by atoms with Crippen LogP contribution in [0.1, 0.15) is 6.92 Å². The molecule has 21 rings (SSSR count). The molecule has 0 aromatic carbocycles. The van der Waals surface area contributed by atoms with Crippen LogP contribution >= 0.6 is 23.5 Å². The summed E-state index contributed by atoms with van der Waals surface area (Å²) in [5.74, 6) is 0.660. The SMILES string of the molecule is COC[C@H]1O[C@@H]2O[C@H]3[C@H](OC)[C@@H](OC)[C@@H](O[C@H]4[C@H](OC)[C@@H](OC)[C@H]5O[C@H]6[C@H](OC)[C@@H](OC)[C@@H](O[C@H]7[C@H](OC)[C@@H](OC)[C@@H](O[C@H]8[C@H](OC)[C@@H](OC)[C@H]9O[C@H]%10[C@H](OC)[C@@H](OC)[C@@H](O[C@H]1[C@H](OC)[C@H]2OC)O[C@@H]%10COCSCOC[C@H]8O9)O[C@@H]7C(C)O)O[C@@H]6COCSCOC[C@H]4O5)O[C@@H]3COC. The molecule has 0 aromatic heterocycles. The van der Waals surface area contributed by atoms with Gasteiger partial charge in [0.25, 0.3) is 0 Å². The Labute approximate surface area is 592 Å². The topological polar surface area (TPSA) is 334 Å². The van der Waals surface area contributed by atoms with Gasteiger partial charge in [-0.05, 0) is 6.92 Å². The van der Waals surface area contributed by atoms with Gasteiger partial charge in [-0.15, -0.1) is 23.5 Å². The van der Waals surface area contributed by atoms with Gasteiger partial charge in [0, 0.05) is 114 Å². The third-order valence-corrected chi connectivity index (χ3v) is 21.2. The average molecular weight is 1490 g/mol. The van der Waals surface area contributed by atoms with Crippen molar-refractivity contribution < 1.29 is 166 Å². The number of methoxy groups -OCH3 is 16. The van der Waals surface area contributed by atoms with Crippen LogP contribution < -0.4 is 0 Å². The zero-order valence-electron chi connectivity index (χ0n) is 60.0. The molecule has 100 heavy (non-hydrogen) atoms. The van der Waals surface area contributed by atoms with Gasteiger partial charge in [0.15, 0.2) is 44.0 Å². The highest BCUT2D eigenvalue weighted by atomic mass is 32.2. The minimum absolute atomic E-state index is 0.0396. The fraction of sp³-hybridized carbons (Fsp3) is 1.00. The zero-order chi connectivity index (χ0) is 71.3. The van der Waals surface area contributed by atoms with Crippen molar-refractivity contribution >= 4 is 23.5 Å². The van der Waals surface area contributed by atoms with E-state index in [1.807, 2.05) is 0 Å². The second-order valence-electron chi connectivity index (χ2n) is 25.3. The zero-order valence-corrected chi connectivity index (χ0v) is 61.6. The Hall–Kier alpha value is -0.700. The van der Waals surface area contributed by atoms with Crippen molar-refractivity contribution in [2.45, 2.75) is 228 Å². The van der Waals surface area contributed by atoms with Crippen LogP contribution in [0.25, 0.3) is 0 Å². The number of aliphatic hydroxyl groups excluding tert-OH is 1. The summed E-state index contributed by atoms with van der Waals surface area (Å²) < 4.78 is 223. The first-order valence-corrected chi connectivity index (χ1v) is 35.7. The van der Waals surface area contributed by atoms with Crippen molar-refractivity contribution in [3.63, 3.8) is 0 Å². The largest absolute Gasteiger partial charge is 0.391 e. The Morgan fingerprint density at radius 2 is 0.480 bits per heavy atom. The van der Waals surface area contributed by atoms with E-state index in [0.29, 0.717) is 0 Å². The Morgan fingerprint density at radius 1 is 0.270 bits per heavy atom. The molecule has 36 atom stereocenters. The summed E-state index contributed by atoms with van der Waals surface area (Å²) in [4.78, 5) is 0. The van der Waals surface area contributed by atoms with E-state index >= 15 is 0 Å². The van der Waals surface area contributed by atoms with Gasteiger partial charge in [0.2, 0.25) is 0 Å². The van der Waals surface area contributed by atoms with Crippen LogP contribution in [-0.2, 0) is 161 Å². The van der Waals surface area contributed by atoms with Crippen LogP contribution in [-0.4, -0.2) is 403 Å². The highest BCUT2D eigenvalue weighted by Gasteiger charge is 2.62. The summed E-state index contributed by atoms with van der Waals surface area (Å²) in [5.41, 5.74) is 0. The van der Waals surface area contributed by atoms with Crippen molar-refractivity contribution in [1.82, 2.24) is 0 Å². The van der Waals surface area contributed by atoms with Crippen molar-refractivity contribution in [3.05, 3.63) is 0 Å². The molecular formula is C63H108O35S2. The summed E-state index contributed by atoms with van der Waals surface area (Å²) in [6, 6.07) is 0. The predicted octanol–water partition coefficient (Wildman–Crippen LogP) is -0.956. The minimum Gasteiger partial charge on any atom is -0.391 e. The second kappa shape index (κ2) is 39.6. The lowest BCUT2D eigenvalue weighted by Crippen LogP contribution is -2.69. The molecular weight excluding hydrogens is 1380 g/mol. The lowest BCUT2D eigenvalue weighted by molar-refractivity contribution is -0.404. The van der Waals surface area contributed by atoms with Gasteiger partial charge < -0.3 is 166 Å². The maximum absolute atomic E-state index is 11.9. The predicted molar refractivity (Wildman–Crippen MR) is 340 cm³/mol. The normalized spacial score (nSPS) is 47.8. The van der Waals surface area contributed by atoms with Crippen LogP contribution in [0.5, 0.6) is 0 Å². The molecule has 18 bridgehead atoms. The maximum Gasteiger partial charge on any atom is 0.187 e. The van der Waals surface area contributed by atoms with E-state index in [9.17, 15) is 5.11 Å². The smallest absolute Gasteiger partial charge is 0.187 e. The molecule has 21 saturated heterocycles. The quantitative estimate of drug-likeness (QED) is 0.163. The van der Waals surface area contributed by atoms with Crippen molar-refractivity contribution in [2.75, 3.05) is 177 Å². The van der Waals surface area contributed by atoms with Gasteiger partial charge in [-0.25, -0.2) is 0 Å². The highest BCUT2D eigenvalue weighted by molar-refractivity contribution is 7.99. The summed E-state index contributed by atoms with van der Waals surface area (Å²) in [6.45, 7) is 1.28.